The first kappa shape index (κ1) is 20.1. The van der Waals surface area contributed by atoms with Gasteiger partial charge in [-0.3, -0.25) is 4.79 Å². The number of aromatic nitrogens is 3. The van der Waals surface area contributed by atoms with E-state index < -0.39 is 0 Å². The Balaban J connectivity index is 1.69. The lowest BCUT2D eigenvalue weighted by molar-refractivity contribution is -0.115. The van der Waals surface area contributed by atoms with Crippen LogP contribution in [0.5, 0.6) is 0 Å². The van der Waals surface area contributed by atoms with Gasteiger partial charge in [-0.25, -0.2) is 0 Å². The maximum atomic E-state index is 12.7. The van der Waals surface area contributed by atoms with Crippen molar-refractivity contribution in [2.75, 3.05) is 5.32 Å². The van der Waals surface area contributed by atoms with E-state index in [9.17, 15) is 4.79 Å². The van der Waals surface area contributed by atoms with Crippen LogP contribution in [0.2, 0.25) is 0 Å². The van der Waals surface area contributed by atoms with Crippen LogP contribution in [0.3, 0.4) is 0 Å². The number of aryl methyl sites for hydroxylation is 2. The van der Waals surface area contributed by atoms with Gasteiger partial charge in [0.1, 0.15) is 5.82 Å². The molecule has 3 rings (SSSR count). The van der Waals surface area contributed by atoms with Crippen LogP contribution in [0, 0.1) is 13.8 Å². The molecule has 2 aromatic carbocycles. The third-order valence-electron chi connectivity index (χ3n) is 4.61. The summed E-state index contributed by atoms with van der Waals surface area (Å²) in [6.07, 6.45) is 0.728. The summed E-state index contributed by atoms with van der Waals surface area (Å²) in [6, 6.07) is 16.2. The lowest BCUT2D eigenvalue weighted by Gasteiger charge is -2.14. The van der Waals surface area contributed by atoms with E-state index in [4.69, 9.17) is 0 Å². The van der Waals surface area contributed by atoms with Crippen molar-refractivity contribution < 1.29 is 4.79 Å². The van der Waals surface area contributed by atoms with E-state index in [1.165, 1.54) is 22.9 Å². The molecule has 1 N–H and O–H groups in total. The van der Waals surface area contributed by atoms with E-state index in [1.54, 1.807) is 0 Å². The summed E-state index contributed by atoms with van der Waals surface area (Å²) in [5, 5.41) is 12.2. The molecular formula is C22H26N4OS. The van der Waals surface area contributed by atoms with Crippen LogP contribution in [0.1, 0.15) is 36.4 Å². The zero-order valence-corrected chi connectivity index (χ0v) is 17.6. The molecule has 1 atom stereocenters. The van der Waals surface area contributed by atoms with Crippen molar-refractivity contribution in [1.29, 1.82) is 0 Å². The average molecular weight is 395 g/mol. The summed E-state index contributed by atoms with van der Waals surface area (Å²) in [5.41, 5.74) is 4.29. The van der Waals surface area contributed by atoms with Crippen molar-refractivity contribution >= 4 is 23.4 Å². The van der Waals surface area contributed by atoms with Gasteiger partial charge in [0, 0.05) is 18.7 Å². The topological polar surface area (TPSA) is 59.8 Å². The maximum Gasteiger partial charge on any atom is 0.237 e. The molecule has 0 aliphatic rings. The number of rotatable bonds is 7. The molecule has 0 saturated carbocycles. The molecule has 1 heterocycles. The number of thioether (sulfide) groups is 1. The highest BCUT2D eigenvalue weighted by atomic mass is 32.2. The minimum absolute atomic E-state index is 0.0350. The summed E-state index contributed by atoms with van der Waals surface area (Å²) < 4.78 is 2.08. The van der Waals surface area contributed by atoms with Crippen molar-refractivity contribution in [3.05, 3.63) is 71.0 Å². The second kappa shape index (κ2) is 9.06. The SMILES string of the molecule is CCn1c(Cc2ccccc2)nnc1SC(C)C(=O)Nc1ccc(C)cc1C. The van der Waals surface area contributed by atoms with Crippen LogP contribution in [0.4, 0.5) is 5.69 Å². The van der Waals surface area contributed by atoms with Crippen LogP contribution in [0.25, 0.3) is 0 Å². The molecule has 1 aromatic heterocycles. The van der Waals surface area contributed by atoms with E-state index in [0.29, 0.717) is 0 Å². The third kappa shape index (κ3) is 4.81. The molecule has 146 valence electrons. The molecule has 3 aromatic rings. The van der Waals surface area contributed by atoms with Crippen LogP contribution in [-0.4, -0.2) is 25.9 Å². The lowest BCUT2D eigenvalue weighted by atomic mass is 10.1. The summed E-state index contributed by atoms with van der Waals surface area (Å²) in [4.78, 5) is 12.7. The van der Waals surface area contributed by atoms with Gasteiger partial charge < -0.3 is 9.88 Å². The van der Waals surface area contributed by atoms with Crippen molar-refractivity contribution in [2.45, 2.75) is 51.1 Å². The third-order valence-corrected chi connectivity index (χ3v) is 5.69. The minimum atomic E-state index is -0.278. The van der Waals surface area contributed by atoms with Gasteiger partial charge in [0.25, 0.3) is 0 Å². The first-order valence-electron chi connectivity index (χ1n) is 9.48. The Labute approximate surface area is 170 Å². The molecule has 1 unspecified atom stereocenters. The quantitative estimate of drug-likeness (QED) is 0.594. The fourth-order valence-corrected chi connectivity index (χ4v) is 3.96. The summed E-state index contributed by atoms with van der Waals surface area (Å²) in [5.74, 6) is 0.880. The highest BCUT2D eigenvalue weighted by Gasteiger charge is 2.20. The molecule has 0 aliphatic carbocycles. The average Bonchev–Trinajstić information content (AvgIpc) is 3.05. The monoisotopic (exact) mass is 394 g/mol. The van der Waals surface area contributed by atoms with E-state index >= 15 is 0 Å². The summed E-state index contributed by atoms with van der Waals surface area (Å²) in [7, 11) is 0. The van der Waals surface area contributed by atoms with Crippen LogP contribution in [-0.2, 0) is 17.8 Å². The van der Waals surface area contributed by atoms with Crippen molar-refractivity contribution in [2.24, 2.45) is 0 Å². The number of benzene rings is 2. The number of carbonyl (C=O) groups is 1. The molecule has 0 fully saturated rings. The van der Waals surface area contributed by atoms with Crippen LogP contribution >= 0.6 is 11.8 Å². The normalized spacial score (nSPS) is 12.0. The molecule has 0 aliphatic heterocycles. The molecule has 0 saturated heterocycles. The molecule has 0 bridgehead atoms. The maximum absolute atomic E-state index is 12.7. The molecular weight excluding hydrogens is 368 g/mol. The fourth-order valence-electron chi connectivity index (χ4n) is 3.03. The van der Waals surface area contributed by atoms with Crippen molar-refractivity contribution in [1.82, 2.24) is 14.8 Å². The number of hydrogen-bond acceptors (Lipinski definition) is 4. The van der Waals surface area contributed by atoms with Gasteiger partial charge in [0.05, 0.1) is 5.25 Å². The zero-order valence-electron chi connectivity index (χ0n) is 16.8. The highest BCUT2D eigenvalue weighted by molar-refractivity contribution is 8.00. The molecule has 1 amide bonds. The Bertz CT molecular complexity index is 952. The molecule has 0 spiro atoms. The van der Waals surface area contributed by atoms with Gasteiger partial charge in [-0.2, -0.15) is 0 Å². The Morgan fingerprint density at radius 3 is 2.57 bits per heavy atom. The van der Waals surface area contributed by atoms with E-state index in [-0.39, 0.29) is 11.2 Å². The minimum Gasteiger partial charge on any atom is -0.325 e. The Morgan fingerprint density at radius 1 is 1.14 bits per heavy atom. The number of nitrogens with one attached hydrogen (secondary N) is 1. The molecule has 6 heteroatoms. The largest absolute Gasteiger partial charge is 0.325 e. The number of anilines is 1. The number of carbonyl (C=O) groups excluding carboxylic acids is 1. The Morgan fingerprint density at radius 2 is 1.89 bits per heavy atom. The van der Waals surface area contributed by atoms with Crippen molar-refractivity contribution in [3.63, 3.8) is 0 Å². The van der Waals surface area contributed by atoms with Gasteiger partial charge in [-0.05, 0) is 44.9 Å². The second-order valence-electron chi connectivity index (χ2n) is 6.87. The standard InChI is InChI=1S/C22H26N4OS/c1-5-26-20(14-18-9-7-6-8-10-18)24-25-22(26)28-17(4)21(27)23-19-12-11-15(2)13-16(19)3/h6-13,17H,5,14H2,1-4H3,(H,23,27). The van der Waals surface area contributed by atoms with Gasteiger partial charge in [-0.15, -0.1) is 10.2 Å². The lowest BCUT2D eigenvalue weighted by Crippen LogP contribution is -2.23. The first-order valence-corrected chi connectivity index (χ1v) is 10.4. The summed E-state index contributed by atoms with van der Waals surface area (Å²) >= 11 is 1.44. The van der Waals surface area contributed by atoms with E-state index in [0.717, 1.165) is 35.2 Å². The molecule has 5 nitrogen and oxygen atoms in total. The highest BCUT2D eigenvalue weighted by Crippen LogP contribution is 2.25. The predicted molar refractivity (Wildman–Crippen MR) is 115 cm³/mol. The van der Waals surface area contributed by atoms with Crippen LogP contribution < -0.4 is 5.32 Å². The number of hydrogen-bond donors (Lipinski definition) is 1. The number of amides is 1. The smallest absolute Gasteiger partial charge is 0.237 e. The Hall–Kier alpha value is -2.60. The van der Waals surface area contributed by atoms with E-state index in [1.807, 2.05) is 51.1 Å². The van der Waals surface area contributed by atoms with Gasteiger partial charge in [0.2, 0.25) is 5.91 Å². The van der Waals surface area contributed by atoms with Gasteiger partial charge in [0.15, 0.2) is 5.16 Å². The van der Waals surface area contributed by atoms with Crippen LogP contribution in [0.15, 0.2) is 53.7 Å². The Kier molecular flexibility index (Phi) is 6.52. The van der Waals surface area contributed by atoms with Gasteiger partial charge >= 0.3 is 0 Å². The van der Waals surface area contributed by atoms with Gasteiger partial charge in [-0.1, -0.05) is 59.8 Å². The fraction of sp³-hybridized carbons (Fsp3) is 0.318. The second-order valence-corrected chi connectivity index (χ2v) is 8.18. The summed E-state index contributed by atoms with van der Waals surface area (Å²) in [6.45, 7) is 8.78. The first-order chi connectivity index (χ1) is 13.5. The van der Waals surface area contributed by atoms with E-state index in [2.05, 4.69) is 45.2 Å². The molecule has 28 heavy (non-hydrogen) atoms. The van der Waals surface area contributed by atoms with Crippen molar-refractivity contribution in [3.8, 4) is 0 Å². The zero-order chi connectivity index (χ0) is 20.1. The predicted octanol–water partition coefficient (Wildman–Crippen LogP) is 4.62. The number of nitrogens with zero attached hydrogens (tertiary/aromatic N) is 3. The molecule has 0 radical (unpaired) electrons.